The molecule has 0 aliphatic rings. The molecule has 0 atom stereocenters. The van der Waals surface area contributed by atoms with Crippen molar-refractivity contribution in [1.82, 2.24) is 9.97 Å². The largest absolute Gasteiger partial charge is 0.531 e. The molecule has 0 bridgehead atoms. The number of hydrogen-bond acceptors (Lipinski definition) is 6. The molecule has 0 amide bonds. The van der Waals surface area contributed by atoms with E-state index in [1.807, 2.05) is 0 Å². The van der Waals surface area contributed by atoms with Gasteiger partial charge in [-0.2, -0.15) is 0 Å². The molecule has 0 aliphatic heterocycles. The fraction of sp³-hybridized carbons (Fsp3) is 0.500. The van der Waals surface area contributed by atoms with Crippen LogP contribution in [-0.4, -0.2) is 23.2 Å². The van der Waals surface area contributed by atoms with E-state index < -0.39 is 7.82 Å². The fourth-order valence-electron chi connectivity index (χ4n) is 0.853. The van der Waals surface area contributed by atoms with Crippen LogP contribution in [0.1, 0.15) is 13.8 Å². The van der Waals surface area contributed by atoms with Crippen LogP contribution in [-0.2, 0) is 13.6 Å². The Kier molecular flexibility index (Phi) is 4.68. The van der Waals surface area contributed by atoms with Gasteiger partial charge in [0.05, 0.1) is 19.4 Å². The first-order valence-corrected chi connectivity index (χ1v) is 6.01. The maximum Gasteiger partial charge on any atom is 0.531 e. The standard InChI is InChI=1S/C8H13N2O4P/c1-3-12-15(11,13-4-2)14-8-7-9-5-6-10-8/h5-7H,3-4H2,1-2H3. The van der Waals surface area contributed by atoms with Crippen LogP contribution in [0.15, 0.2) is 18.6 Å². The van der Waals surface area contributed by atoms with Gasteiger partial charge in [0.1, 0.15) is 0 Å². The average molecular weight is 232 g/mol. The predicted octanol–water partition coefficient (Wildman–Crippen LogP) is 2.04. The molecule has 0 spiro atoms. The second-order valence-corrected chi connectivity index (χ2v) is 4.01. The third-order valence-corrected chi connectivity index (χ3v) is 2.88. The zero-order chi connectivity index (χ0) is 11.1. The summed E-state index contributed by atoms with van der Waals surface area (Å²) in [4.78, 5) is 7.58. The molecule has 0 N–H and O–H groups in total. The quantitative estimate of drug-likeness (QED) is 0.699. The molecular formula is C8H13N2O4P. The van der Waals surface area contributed by atoms with Crippen LogP contribution in [0.3, 0.4) is 0 Å². The van der Waals surface area contributed by atoms with Gasteiger partial charge in [-0.3, -0.25) is 14.0 Å². The van der Waals surface area contributed by atoms with E-state index in [2.05, 4.69) is 9.97 Å². The molecule has 0 saturated heterocycles. The van der Waals surface area contributed by atoms with Crippen LogP contribution in [0.2, 0.25) is 0 Å². The van der Waals surface area contributed by atoms with Gasteiger partial charge >= 0.3 is 7.82 Å². The van der Waals surface area contributed by atoms with Crippen LogP contribution in [0, 0.1) is 0 Å². The van der Waals surface area contributed by atoms with E-state index >= 15 is 0 Å². The lowest BCUT2D eigenvalue weighted by molar-refractivity contribution is 0.165. The first-order valence-electron chi connectivity index (χ1n) is 4.55. The summed E-state index contributed by atoms with van der Waals surface area (Å²) in [6.07, 6.45) is 4.25. The highest BCUT2D eigenvalue weighted by Crippen LogP contribution is 2.48. The van der Waals surface area contributed by atoms with Gasteiger partial charge in [-0.1, -0.05) is 0 Å². The summed E-state index contributed by atoms with van der Waals surface area (Å²) in [5, 5.41) is 0. The van der Waals surface area contributed by atoms with Gasteiger partial charge in [0.15, 0.2) is 0 Å². The summed E-state index contributed by atoms with van der Waals surface area (Å²) in [5.41, 5.74) is 0. The average Bonchev–Trinajstić information content (AvgIpc) is 2.19. The summed E-state index contributed by atoms with van der Waals surface area (Å²) in [5.74, 6) is 0.114. The molecule has 0 saturated carbocycles. The van der Waals surface area contributed by atoms with E-state index in [1.165, 1.54) is 18.6 Å². The van der Waals surface area contributed by atoms with Crippen molar-refractivity contribution in [3.8, 4) is 5.88 Å². The van der Waals surface area contributed by atoms with Crippen LogP contribution < -0.4 is 4.52 Å². The first-order chi connectivity index (χ1) is 7.20. The van der Waals surface area contributed by atoms with E-state index in [4.69, 9.17) is 13.6 Å². The van der Waals surface area contributed by atoms with E-state index in [0.29, 0.717) is 0 Å². The summed E-state index contributed by atoms with van der Waals surface area (Å²) in [6.45, 7) is 3.87. The van der Waals surface area contributed by atoms with Gasteiger partial charge in [0.25, 0.3) is 0 Å². The Morgan fingerprint density at radius 2 is 1.93 bits per heavy atom. The fourth-order valence-corrected chi connectivity index (χ4v) is 1.99. The second-order valence-electron chi connectivity index (χ2n) is 2.42. The van der Waals surface area contributed by atoms with Crippen molar-refractivity contribution >= 4 is 7.82 Å². The highest BCUT2D eigenvalue weighted by atomic mass is 31.2. The van der Waals surface area contributed by atoms with Gasteiger partial charge in [-0.25, -0.2) is 9.55 Å². The molecule has 1 aromatic heterocycles. The van der Waals surface area contributed by atoms with Gasteiger partial charge in [-0.15, -0.1) is 0 Å². The molecular weight excluding hydrogens is 219 g/mol. The predicted molar refractivity (Wildman–Crippen MR) is 53.5 cm³/mol. The molecule has 0 aromatic carbocycles. The minimum atomic E-state index is -3.54. The maximum absolute atomic E-state index is 11.8. The minimum absolute atomic E-state index is 0.114. The number of hydrogen-bond donors (Lipinski definition) is 0. The SMILES string of the molecule is CCOP(=O)(OCC)Oc1cnccn1. The van der Waals surface area contributed by atoms with Crippen molar-refractivity contribution in [1.29, 1.82) is 0 Å². The van der Waals surface area contributed by atoms with Crippen molar-refractivity contribution in [2.24, 2.45) is 0 Å². The monoisotopic (exact) mass is 232 g/mol. The van der Waals surface area contributed by atoms with Crippen molar-refractivity contribution in [3.05, 3.63) is 18.6 Å². The van der Waals surface area contributed by atoms with Crippen molar-refractivity contribution in [3.63, 3.8) is 0 Å². The van der Waals surface area contributed by atoms with Crippen LogP contribution in [0.4, 0.5) is 0 Å². The number of nitrogens with zero attached hydrogens (tertiary/aromatic N) is 2. The third-order valence-electron chi connectivity index (χ3n) is 1.32. The number of aromatic nitrogens is 2. The third kappa shape index (κ3) is 3.95. The topological polar surface area (TPSA) is 70.5 Å². The van der Waals surface area contributed by atoms with Gasteiger partial charge in [0, 0.05) is 12.4 Å². The Bertz CT molecular complexity index is 323. The highest BCUT2D eigenvalue weighted by molar-refractivity contribution is 7.48. The van der Waals surface area contributed by atoms with Crippen LogP contribution in [0.5, 0.6) is 5.88 Å². The molecule has 0 radical (unpaired) electrons. The Morgan fingerprint density at radius 1 is 1.27 bits per heavy atom. The maximum atomic E-state index is 11.8. The molecule has 7 heteroatoms. The van der Waals surface area contributed by atoms with Gasteiger partial charge in [-0.05, 0) is 13.8 Å². The molecule has 0 aliphatic carbocycles. The summed E-state index contributed by atoms with van der Waals surface area (Å²) in [7, 11) is -3.54. The zero-order valence-electron chi connectivity index (χ0n) is 8.62. The Balaban J connectivity index is 2.71. The number of phosphoric ester groups is 1. The minimum Gasteiger partial charge on any atom is -0.384 e. The van der Waals surface area contributed by atoms with Gasteiger partial charge in [0.2, 0.25) is 5.88 Å². The normalized spacial score (nSPS) is 11.3. The van der Waals surface area contributed by atoms with Crippen molar-refractivity contribution in [2.75, 3.05) is 13.2 Å². The van der Waals surface area contributed by atoms with Crippen LogP contribution >= 0.6 is 7.82 Å². The lowest BCUT2D eigenvalue weighted by atomic mass is 10.7. The molecule has 84 valence electrons. The first kappa shape index (κ1) is 12.1. The summed E-state index contributed by atoms with van der Waals surface area (Å²) >= 11 is 0. The molecule has 0 unspecified atom stereocenters. The smallest absolute Gasteiger partial charge is 0.384 e. The number of phosphoric acid groups is 1. The van der Waals surface area contributed by atoms with E-state index in [0.717, 1.165) is 0 Å². The van der Waals surface area contributed by atoms with E-state index in [1.54, 1.807) is 13.8 Å². The lowest BCUT2D eigenvalue weighted by Gasteiger charge is -2.15. The lowest BCUT2D eigenvalue weighted by Crippen LogP contribution is -2.03. The molecule has 1 rings (SSSR count). The highest BCUT2D eigenvalue weighted by Gasteiger charge is 2.27. The Morgan fingerprint density at radius 3 is 2.40 bits per heavy atom. The zero-order valence-corrected chi connectivity index (χ0v) is 9.52. The summed E-state index contributed by atoms with van der Waals surface area (Å²) < 4.78 is 26.7. The van der Waals surface area contributed by atoms with Crippen LogP contribution in [0.25, 0.3) is 0 Å². The van der Waals surface area contributed by atoms with E-state index in [9.17, 15) is 4.57 Å². The van der Waals surface area contributed by atoms with Crippen molar-refractivity contribution < 1.29 is 18.1 Å². The van der Waals surface area contributed by atoms with Gasteiger partial charge < -0.3 is 4.52 Å². The Labute approximate surface area is 88.2 Å². The molecule has 15 heavy (non-hydrogen) atoms. The second kappa shape index (κ2) is 5.80. The summed E-state index contributed by atoms with van der Waals surface area (Å²) in [6, 6.07) is 0. The van der Waals surface area contributed by atoms with Crippen molar-refractivity contribution in [2.45, 2.75) is 13.8 Å². The molecule has 0 fully saturated rings. The van der Waals surface area contributed by atoms with E-state index in [-0.39, 0.29) is 19.1 Å². The molecule has 6 nitrogen and oxygen atoms in total. The Hall–Kier alpha value is -0.970. The molecule has 1 heterocycles. The molecule has 1 aromatic rings. The number of rotatable bonds is 6.